The fourth-order valence-electron chi connectivity index (χ4n) is 3.71. The molecule has 1 N–H and O–H groups in total. The van der Waals surface area contributed by atoms with Crippen molar-refractivity contribution in [1.82, 2.24) is 14.9 Å². The van der Waals surface area contributed by atoms with Gasteiger partial charge in [0, 0.05) is 32.7 Å². The predicted molar refractivity (Wildman–Crippen MR) is 101 cm³/mol. The SMILES string of the molecule is CC(C)N1C(C2=C(COc3cccc(O)c3C=O)CN(C)C2)=CCN1C. The Labute approximate surface area is 154 Å². The molecule has 2 aliphatic rings. The number of rotatable bonds is 6. The highest BCUT2D eigenvalue weighted by Gasteiger charge is 2.31. The van der Waals surface area contributed by atoms with E-state index in [2.05, 4.69) is 48.9 Å². The van der Waals surface area contributed by atoms with Crippen LogP contribution in [-0.2, 0) is 0 Å². The van der Waals surface area contributed by atoms with Crippen LogP contribution < -0.4 is 4.74 Å². The molecule has 6 nitrogen and oxygen atoms in total. The Morgan fingerprint density at radius 2 is 2.04 bits per heavy atom. The van der Waals surface area contributed by atoms with Gasteiger partial charge in [0.15, 0.2) is 6.29 Å². The van der Waals surface area contributed by atoms with Gasteiger partial charge in [0.25, 0.3) is 0 Å². The molecule has 140 valence electrons. The number of ether oxygens (including phenoxy) is 1. The summed E-state index contributed by atoms with van der Waals surface area (Å²) < 4.78 is 5.92. The van der Waals surface area contributed by atoms with Gasteiger partial charge in [-0.05, 0) is 50.3 Å². The second-order valence-corrected chi connectivity index (χ2v) is 7.22. The minimum atomic E-state index is -0.0543. The zero-order chi connectivity index (χ0) is 18.8. The Balaban J connectivity index is 1.84. The number of phenols is 1. The maximum Gasteiger partial charge on any atom is 0.157 e. The average Bonchev–Trinajstić information content (AvgIpc) is 3.15. The molecular weight excluding hydrogens is 330 g/mol. The molecule has 0 fully saturated rings. The lowest BCUT2D eigenvalue weighted by Gasteiger charge is -2.34. The van der Waals surface area contributed by atoms with E-state index < -0.39 is 0 Å². The van der Waals surface area contributed by atoms with Gasteiger partial charge in [-0.3, -0.25) is 9.69 Å². The Hall–Kier alpha value is -2.31. The van der Waals surface area contributed by atoms with E-state index in [4.69, 9.17) is 4.74 Å². The van der Waals surface area contributed by atoms with Crippen LogP contribution in [0.4, 0.5) is 0 Å². The van der Waals surface area contributed by atoms with E-state index in [0.29, 0.717) is 24.7 Å². The Kier molecular flexibility index (Phi) is 5.34. The zero-order valence-electron chi connectivity index (χ0n) is 15.9. The first kappa shape index (κ1) is 18.5. The van der Waals surface area contributed by atoms with E-state index >= 15 is 0 Å². The number of phenolic OH excluding ortho intramolecular Hbond substituents is 1. The van der Waals surface area contributed by atoms with E-state index in [0.717, 1.165) is 19.6 Å². The molecule has 0 unspecified atom stereocenters. The standard InChI is InChI=1S/C20H27N3O3/c1-14(2)23-18(8-9-22(23)4)16-11-21(3)10-15(16)13-26-20-7-5-6-19(25)17(20)12-24/h5-8,12,14,25H,9-11,13H2,1-4H3. The first-order valence-corrected chi connectivity index (χ1v) is 8.92. The maximum atomic E-state index is 11.2. The number of carbonyl (C=O) groups excluding carboxylic acids is 1. The van der Waals surface area contributed by atoms with E-state index in [9.17, 15) is 9.90 Å². The largest absolute Gasteiger partial charge is 0.507 e. The van der Waals surface area contributed by atoms with Crippen molar-refractivity contribution in [2.45, 2.75) is 19.9 Å². The van der Waals surface area contributed by atoms with Crippen molar-refractivity contribution in [3.05, 3.63) is 46.7 Å². The zero-order valence-corrected chi connectivity index (χ0v) is 15.9. The van der Waals surface area contributed by atoms with Gasteiger partial charge in [0.1, 0.15) is 18.1 Å². The third kappa shape index (κ3) is 3.48. The normalized spacial score (nSPS) is 18.8. The number of carbonyl (C=O) groups is 1. The van der Waals surface area contributed by atoms with E-state index in [1.807, 2.05) is 0 Å². The van der Waals surface area contributed by atoms with Crippen LogP contribution >= 0.6 is 0 Å². The molecule has 0 bridgehead atoms. The van der Waals surface area contributed by atoms with Crippen molar-refractivity contribution >= 4 is 6.29 Å². The van der Waals surface area contributed by atoms with Crippen molar-refractivity contribution in [3.63, 3.8) is 0 Å². The molecule has 0 aliphatic carbocycles. The highest BCUT2D eigenvalue weighted by atomic mass is 16.5. The van der Waals surface area contributed by atoms with Crippen LogP contribution in [0.25, 0.3) is 0 Å². The van der Waals surface area contributed by atoms with E-state index in [1.54, 1.807) is 12.1 Å². The summed E-state index contributed by atoms with van der Waals surface area (Å²) in [7, 11) is 4.19. The van der Waals surface area contributed by atoms with Gasteiger partial charge in [0.05, 0.1) is 11.3 Å². The predicted octanol–water partition coefficient (Wildman–Crippen LogP) is 2.28. The highest BCUT2D eigenvalue weighted by Crippen LogP contribution is 2.32. The van der Waals surface area contributed by atoms with Crippen LogP contribution in [0.5, 0.6) is 11.5 Å². The fourth-order valence-corrected chi connectivity index (χ4v) is 3.71. The molecule has 0 atom stereocenters. The first-order chi connectivity index (χ1) is 12.4. The summed E-state index contributed by atoms with van der Waals surface area (Å²) >= 11 is 0. The van der Waals surface area contributed by atoms with Crippen LogP contribution in [0.15, 0.2) is 41.1 Å². The van der Waals surface area contributed by atoms with Gasteiger partial charge in [-0.2, -0.15) is 0 Å². The number of aldehydes is 1. The molecule has 1 aromatic rings. The van der Waals surface area contributed by atoms with Gasteiger partial charge in [-0.25, -0.2) is 5.01 Å². The van der Waals surface area contributed by atoms with Gasteiger partial charge in [0.2, 0.25) is 0 Å². The van der Waals surface area contributed by atoms with E-state index in [1.165, 1.54) is 22.9 Å². The molecule has 1 aromatic carbocycles. The summed E-state index contributed by atoms with van der Waals surface area (Å²) in [6.45, 7) is 7.38. The number of nitrogens with zero attached hydrogens (tertiary/aromatic N) is 3. The molecule has 0 radical (unpaired) electrons. The lowest BCUT2D eigenvalue weighted by Crippen LogP contribution is -2.40. The molecule has 0 saturated heterocycles. The first-order valence-electron chi connectivity index (χ1n) is 8.92. The van der Waals surface area contributed by atoms with Crippen molar-refractivity contribution in [2.24, 2.45) is 0 Å². The average molecular weight is 357 g/mol. The number of benzene rings is 1. The topological polar surface area (TPSA) is 56.3 Å². The van der Waals surface area contributed by atoms with Gasteiger partial charge in [-0.1, -0.05) is 6.07 Å². The number of hydrogen-bond donors (Lipinski definition) is 1. The minimum Gasteiger partial charge on any atom is -0.507 e. The molecule has 2 aliphatic heterocycles. The number of hydrogen-bond acceptors (Lipinski definition) is 6. The van der Waals surface area contributed by atoms with Gasteiger partial charge < -0.3 is 14.9 Å². The second-order valence-electron chi connectivity index (χ2n) is 7.22. The van der Waals surface area contributed by atoms with Crippen LogP contribution in [0, 0.1) is 0 Å². The summed E-state index contributed by atoms with van der Waals surface area (Å²) in [5.41, 5.74) is 3.94. The molecule has 0 saturated carbocycles. The Bertz CT molecular complexity index is 755. The lowest BCUT2D eigenvalue weighted by atomic mass is 10.1. The summed E-state index contributed by atoms with van der Waals surface area (Å²) in [6, 6.07) is 5.26. The minimum absolute atomic E-state index is 0.0543. The summed E-state index contributed by atoms with van der Waals surface area (Å²) in [5, 5.41) is 14.4. The summed E-state index contributed by atoms with van der Waals surface area (Å²) in [6.07, 6.45) is 2.90. The maximum absolute atomic E-state index is 11.2. The molecule has 0 aromatic heterocycles. The number of aromatic hydroxyl groups is 1. The molecule has 2 heterocycles. The molecule has 0 amide bonds. The number of hydrazine groups is 1. The van der Waals surface area contributed by atoms with Crippen molar-refractivity contribution in [2.75, 3.05) is 40.3 Å². The third-order valence-electron chi connectivity index (χ3n) is 4.84. The molecule has 0 spiro atoms. The molecular formula is C20H27N3O3. The fraction of sp³-hybridized carbons (Fsp3) is 0.450. The molecule has 3 rings (SSSR count). The lowest BCUT2D eigenvalue weighted by molar-refractivity contribution is 0.0407. The Morgan fingerprint density at radius 1 is 1.27 bits per heavy atom. The monoisotopic (exact) mass is 357 g/mol. The van der Waals surface area contributed by atoms with Gasteiger partial charge >= 0.3 is 0 Å². The molecule has 6 heteroatoms. The summed E-state index contributed by atoms with van der Waals surface area (Å²) in [4.78, 5) is 13.5. The van der Waals surface area contributed by atoms with Crippen molar-refractivity contribution < 1.29 is 14.6 Å². The third-order valence-corrected chi connectivity index (χ3v) is 4.84. The highest BCUT2D eigenvalue weighted by molar-refractivity contribution is 5.83. The van der Waals surface area contributed by atoms with Crippen LogP contribution in [0.1, 0.15) is 24.2 Å². The van der Waals surface area contributed by atoms with E-state index in [-0.39, 0.29) is 11.3 Å². The smallest absolute Gasteiger partial charge is 0.157 e. The summed E-state index contributed by atoms with van der Waals surface area (Å²) in [5.74, 6) is 0.362. The quantitative estimate of drug-likeness (QED) is 0.789. The second kappa shape index (κ2) is 7.51. The van der Waals surface area contributed by atoms with Gasteiger partial charge in [-0.15, -0.1) is 0 Å². The van der Waals surface area contributed by atoms with Crippen LogP contribution in [-0.4, -0.2) is 72.7 Å². The Morgan fingerprint density at radius 3 is 2.73 bits per heavy atom. The molecule has 26 heavy (non-hydrogen) atoms. The van der Waals surface area contributed by atoms with Crippen LogP contribution in [0.3, 0.4) is 0 Å². The van der Waals surface area contributed by atoms with Crippen molar-refractivity contribution in [3.8, 4) is 11.5 Å². The van der Waals surface area contributed by atoms with Crippen molar-refractivity contribution in [1.29, 1.82) is 0 Å². The van der Waals surface area contributed by atoms with Crippen LogP contribution in [0.2, 0.25) is 0 Å². The number of likely N-dealkylation sites (N-methyl/N-ethyl adjacent to an activating group) is 2.